The molecule has 0 aliphatic carbocycles. The summed E-state index contributed by atoms with van der Waals surface area (Å²) >= 11 is 7.32. The van der Waals surface area contributed by atoms with E-state index < -0.39 is 0 Å². The molecule has 1 aromatic heterocycles. The molecule has 20 heavy (non-hydrogen) atoms. The lowest BCUT2D eigenvalue weighted by atomic mass is 10.3. The van der Waals surface area contributed by atoms with Crippen molar-refractivity contribution in [3.8, 4) is 5.69 Å². The highest BCUT2D eigenvalue weighted by atomic mass is 35.5. The SMILES string of the molecule is CCCNC(=O)CSc1nncn1-c1cccc(Cl)c1. The van der Waals surface area contributed by atoms with E-state index >= 15 is 0 Å². The topological polar surface area (TPSA) is 59.8 Å². The zero-order valence-corrected chi connectivity index (χ0v) is 12.6. The van der Waals surface area contributed by atoms with Crippen LogP contribution in [0.4, 0.5) is 0 Å². The number of carbonyl (C=O) groups excluding carboxylic acids is 1. The van der Waals surface area contributed by atoms with E-state index in [2.05, 4.69) is 15.5 Å². The molecule has 0 unspecified atom stereocenters. The molecule has 0 aliphatic rings. The van der Waals surface area contributed by atoms with Gasteiger partial charge in [0.05, 0.1) is 11.4 Å². The van der Waals surface area contributed by atoms with Gasteiger partial charge < -0.3 is 5.32 Å². The van der Waals surface area contributed by atoms with Gasteiger partial charge in [-0.15, -0.1) is 10.2 Å². The van der Waals surface area contributed by atoms with Crippen molar-refractivity contribution in [2.45, 2.75) is 18.5 Å². The van der Waals surface area contributed by atoms with Crippen molar-refractivity contribution in [2.75, 3.05) is 12.3 Å². The summed E-state index contributed by atoms with van der Waals surface area (Å²) in [5.74, 6) is 0.316. The third-order valence-corrected chi connectivity index (χ3v) is 3.69. The van der Waals surface area contributed by atoms with Crippen molar-refractivity contribution in [2.24, 2.45) is 0 Å². The molecule has 1 heterocycles. The normalized spacial score (nSPS) is 10.5. The molecule has 0 fully saturated rings. The maximum absolute atomic E-state index is 11.6. The summed E-state index contributed by atoms with van der Waals surface area (Å²) in [5.41, 5.74) is 0.874. The number of carbonyl (C=O) groups is 1. The Bertz CT molecular complexity index is 587. The molecule has 0 spiro atoms. The van der Waals surface area contributed by atoms with Gasteiger partial charge in [-0.1, -0.05) is 36.4 Å². The number of rotatable bonds is 6. The number of amides is 1. The molecule has 0 saturated carbocycles. The average Bonchev–Trinajstić information content (AvgIpc) is 2.91. The first-order valence-electron chi connectivity index (χ1n) is 6.26. The highest BCUT2D eigenvalue weighted by Gasteiger charge is 2.10. The van der Waals surface area contributed by atoms with E-state index in [1.165, 1.54) is 11.8 Å². The van der Waals surface area contributed by atoms with Crippen molar-refractivity contribution in [1.82, 2.24) is 20.1 Å². The largest absolute Gasteiger partial charge is 0.355 e. The number of thioether (sulfide) groups is 1. The van der Waals surface area contributed by atoms with Crippen molar-refractivity contribution < 1.29 is 4.79 Å². The maximum Gasteiger partial charge on any atom is 0.230 e. The smallest absolute Gasteiger partial charge is 0.230 e. The minimum atomic E-state index is -0.00232. The van der Waals surface area contributed by atoms with Crippen LogP contribution in [0.1, 0.15) is 13.3 Å². The summed E-state index contributed by atoms with van der Waals surface area (Å²) in [6, 6.07) is 7.41. The standard InChI is InChI=1S/C13H15ClN4OS/c1-2-6-15-12(19)8-20-13-17-16-9-18(13)11-5-3-4-10(14)7-11/h3-5,7,9H,2,6,8H2,1H3,(H,15,19). The van der Waals surface area contributed by atoms with Crippen LogP contribution in [0.15, 0.2) is 35.7 Å². The number of hydrogen-bond donors (Lipinski definition) is 1. The predicted molar refractivity (Wildman–Crippen MR) is 80.4 cm³/mol. The van der Waals surface area contributed by atoms with Gasteiger partial charge in [-0.25, -0.2) is 0 Å². The summed E-state index contributed by atoms with van der Waals surface area (Å²) in [6.07, 6.45) is 2.53. The van der Waals surface area contributed by atoms with E-state index in [4.69, 9.17) is 11.6 Å². The molecule has 0 radical (unpaired) electrons. The van der Waals surface area contributed by atoms with Crippen LogP contribution in [-0.4, -0.2) is 33.0 Å². The zero-order chi connectivity index (χ0) is 14.4. The molecule has 7 heteroatoms. The lowest BCUT2D eigenvalue weighted by Crippen LogP contribution is -2.25. The number of aromatic nitrogens is 3. The van der Waals surface area contributed by atoms with Gasteiger partial charge in [0, 0.05) is 11.6 Å². The van der Waals surface area contributed by atoms with Crippen LogP contribution in [0.3, 0.4) is 0 Å². The van der Waals surface area contributed by atoms with Crippen molar-refractivity contribution in [3.05, 3.63) is 35.6 Å². The molecule has 0 bridgehead atoms. The van der Waals surface area contributed by atoms with Gasteiger partial charge in [0.2, 0.25) is 5.91 Å². The first-order chi connectivity index (χ1) is 9.70. The fraction of sp³-hybridized carbons (Fsp3) is 0.308. The maximum atomic E-state index is 11.6. The van der Waals surface area contributed by atoms with Gasteiger partial charge in [0.25, 0.3) is 0 Å². The van der Waals surface area contributed by atoms with Crippen molar-refractivity contribution >= 4 is 29.3 Å². The second-order valence-corrected chi connectivity index (χ2v) is 5.48. The van der Waals surface area contributed by atoms with E-state index in [0.717, 1.165) is 12.1 Å². The van der Waals surface area contributed by atoms with E-state index in [-0.39, 0.29) is 5.91 Å². The first kappa shape index (κ1) is 14.9. The average molecular weight is 311 g/mol. The molecule has 106 valence electrons. The summed E-state index contributed by atoms with van der Waals surface area (Å²) < 4.78 is 1.81. The molecular weight excluding hydrogens is 296 g/mol. The van der Waals surface area contributed by atoms with E-state index in [1.54, 1.807) is 12.4 Å². The lowest BCUT2D eigenvalue weighted by molar-refractivity contribution is -0.118. The highest BCUT2D eigenvalue weighted by Crippen LogP contribution is 2.21. The summed E-state index contributed by atoms with van der Waals surface area (Å²) in [4.78, 5) is 11.6. The van der Waals surface area contributed by atoms with Crippen LogP contribution in [0.25, 0.3) is 5.69 Å². The summed E-state index contributed by atoms with van der Waals surface area (Å²) in [6.45, 7) is 2.71. The number of halogens is 1. The van der Waals surface area contributed by atoms with Crippen LogP contribution in [-0.2, 0) is 4.79 Å². The first-order valence-corrected chi connectivity index (χ1v) is 7.62. The van der Waals surface area contributed by atoms with Crippen LogP contribution in [0.5, 0.6) is 0 Å². The molecule has 1 N–H and O–H groups in total. The van der Waals surface area contributed by atoms with Crippen LogP contribution in [0, 0.1) is 0 Å². The van der Waals surface area contributed by atoms with Gasteiger partial charge in [0.15, 0.2) is 5.16 Å². The Morgan fingerprint density at radius 2 is 2.35 bits per heavy atom. The second kappa shape index (κ2) is 7.31. The third-order valence-electron chi connectivity index (χ3n) is 2.51. The van der Waals surface area contributed by atoms with Gasteiger partial charge in [-0.2, -0.15) is 0 Å². The Kier molecular flexibility index (Phi) is 5.43. The monoisotopic (exact) mass is 310 g/mol. The Hall–Kier alpha value is -1.53. The number of benzene rings is 1. The second-order valence-electron chi connectivity index (χ2n) is 4.10. The van der Waals surface area contributed by atoms with Crippen molar-refractivity contribution in [1.29, 1.82) is 0 Å². The summed E-state index contributed by atoms with van der Waals surface area (Å²) in [5, 5.41) is 12.0. The van der Waals surface area contributed by atoms with Gasteiger partial charge in [-0.3, -0.25) is 9.36 Å². The van der Waals surface area contributed by atoms with Crippen LogP contribution < -0.4 is 5.32 Å². The molecule has 0 atom stereocenters. The lowest BCUT2D eigenvalue weighted by Gasteiger charge is -2.06. The van der Waals surface area contributed by atoms with E-state index in [0.29, 0.717) is 22.5 Å². The van der Waals surface area contributed by atoms with E-state index in [9.17, 15) is 4.79 Å². The molecule has 2 rings (SSSR count). The minimum absolute atomic E-state index is 0.00232. The molecular formula is C13H15ClN4OS. The molecule has 1 aromatic carbocycles. The van der Waals surface area contributed by atoms with Gasteiger partial charge >= 0.3 is 0 Å². The predicted octanol–water partition coefficient (Wildman–Crippen LogP) is 2.54. The van der Waals surface area contributed by atoms with E-state index in [1.807, 2.05) is 29.7 Å². The van der Waals surface area contributed by atoms with Crippen LogP contribution >= 0.6 is 23.4 Å². The number of nitrogens with one attached hydrogen (secondary N) is 1. The Balaban J connectivity index is 2.04. The quantitative estimate of drug-likeness (QED) is 0.833. The highest BCUT2D eigenvalue weighted by molar-refractivity contribution is 7.99. The number of hydrogen-bond acceptors (Lipinski definition) is 4. The molecule has 0 aliphatic heterocycles. The summed E-state index contributed by atoms with van der Waals surface area (Å²) in [7, 11) is 0. The fourth-order valence-corrected chi connectivity index (χ4v) is 2.51. The van der Waals surface area contributed by atoms with Crippen molar-refractivity contribution in [3.63, 3.8) is 0 Å². The van der Waals surface area contributed by atoms with Crippen LogP contribution in [0.2, 0.25) is 5.02 Å². The third kappa shape index (κ3) is 3.98. The Labute approximate surface area is 126 Å². The Morgan fingerprint density at radius 3 is 3.10 bits per heavy atom. The fourth-order valence-electron chi connectivity index (χ4n) is 1.57. The molecule has 1 amide bonds. The molecule has 2 aromatic rings. The number of nitrogens with zero attached hydrogens (tertiary/aromatic N) is 3. The molecule has 0 saturated heterocycles. The van der Waals surface area contributed by atoms with Gasteiger partial charge in [0.1, 0.15) is 6.33 Å². The Morgan fingerprint density at radius 1 is 1.50 bits per heavy atom. The minimum Gasteiger partial charge on any atom is -0.355 e. The zero-order valence-electron chi connectivity index (χ0n) is 11.0. The van der Waals surface area contributed by atoms with Gasteiger partial charge in [-0.05, 0) is 24.6 Å². The molecule has 5 nitrogen and oxygen atoms in total.